The molecule has 8 heteroatoms. The van der Waals surface area contributed by atoms with Crippen LogP contribution in [0.4, 0.5) is 4.79 Å². The molecule has 3 atom stereocenters. The third kappa shape index (κ3) is 7.21. The molecule has 1 fully saturated rings. The Bertz CT molecular complexity index is 1330. The van der Waals surface area contributed by atoms with Gasteiger partial charge in [0.25, 0.3) is 0 Å². The Kier molecular flexibility index (Phi) is 10.6. The number of H-pyrrole nitrogens is 1. The highest BCUT2D eigenvalue weighted by atomic mass is 35.5. The summed E-state index contributed by atoms with van der Waals surface area (Å²) in [6.45, 7) is 11.0. The molecule has 1 aromatic heterocycles. The Labute approximate surface area is 249 Å². The number of carbonyl (C=O) groups excluding carboxylic acids is 2. The maximum absolute atomic E-state index is 13.7. The van der Waals surface area contributed by atoms with Crippen molar-refractivity contribution < 1.29 is 9.59 Å². The number of amides is 3. The predicted molar refractivity (Wildman–Crippen MR) is 169 cm³/mol. The highest BCUT2D eigenvalue weighted by molar-refractivity contribution is 6.31. The lowest BCUT2D eigenvalue weighted by molar-refractivity contribution is -0.135. The fraction of sp³-hybridized carbons (Fsp3) is 0.455. The number of hydrogen-bond donors (Lipinski definition) is 2. The molecule has 7 nitrogen and oxygen atoms in total. The molecule has 41 heavy (non-hydrogen) atoms. The molecule has 5 rings (SSSR count). The zero-order chi connectivity index (χ0) is 29.5. The zero-order valence-corrected chi connectivity index (χ0v) is 25.6. The van der Waals surface area contributed by atoms with Gasteiger partial charge in [0.15, 0.2) is 0 Å². The van der Waals surface area contributed by atoms with Gasteiger partial charge in [0, 0.05) is 60.3 Å². The van der Waals surface area contributed by atoms with Crippen molar-refractivity contribution in [2.24, 2.45) is 5.92 Å². The van der Waals surface area contributed by atoms with E-state index in [2.05, 4.69) is 51.1 Å². The van der Waals surface area contributed by atoms with Gasteiger partial charge in [-0.1, -0.05) is 48.0 Å². The van der Waals surface area contributed by atoms with Gasteiger partial charge in [-0.2, -0.15) is 0 Å². The largest absolute Gasteiger partial charge is 0.361 e. The number of aryl methyl sites for hydroxylation is 1. The first-order valence-electron chi connectivity index (χ1n) is 14.6. The van der Waals surface area contributed by atoms with Crippen molar-refractivity contribution in [3.8, 4) is 0 Å². The molecule has 3 aromatic rings. The van der Waals surface area contributed by atoms with Gasteiger partial charge in [-0.05, 0) is 82.6 Å². The first kappa shape index (κ1) is 30.8. The molecule has 3 amide bonds. The van der Waals surface area contributed by atoms with E-state index >= 15 is 0 Å². The van der Waals surface area contributed by atoms with E-state index in [4.69, 9.17) is 11.6 Å². The van der Waals surface area contributed by atoms with Crippen molar-refractivity contribution >= 4 is 34.4 Å². The number of rotatable bonds is 8. The minimum absolute atomic E-state index is 0.0562. The summed E-state index contributed by atoms with van der Waals surface area (Å²) in [4.78, 5) is 35.9. The molecule has 1 aliphatic heterocycles. The molecule has 1 aliphatic carbocycles. The van der Waals surface area contributed by atoms with Crippen molar-refractivity contribution in [1.82, 2.24) is 25.0 Å². The van der Waals surface area contributed by atoms with Crippen LogP contribution in [-0.2, 0) is 11.2 Å². The lowest BCUT2D eigenvalue weighted by Gasteiger charge is -2.47. The smallest absolute Gasteiger partial charge is 0.324 e. The van der Waals surface area contributed by atoms with Gasteiger partial charge < -0.3 is 15.2 Å². The van der Waals surface area contributed by atoms with Crippen molar-refractivity contribution in [2.75, 3.05) is 46.8 Å². The fourth-order valence-electron chi connectivity index (χ4n) is 6.23. The first-order chi connectivity index (χ1) is 19.7. The van der Waals surface area contributed by atoms with Crippen molar-refractivity contribution in [1.29, 1.82) is 0 Å². The minimum Gasteiger partial charge on any atom is -0.361 e. The Morgan fingerprint density at radius 1 is 1.17 bits per heavy atom. The summed E-state index contributed by atoms with van der Waals surface area (Å²) in [6, 6.07) is 14.3. The standard InChI is InChI=1S/C26H37N5O2.C7H7Cl/c1-5-11-30-17-19(25(32)31(26(33)27-6-2)13-8-12-29(3)4)14-21-20-9-7-10-22-24(20)18(16-28-22)15-23(21)30;1-6-4-2-3-5-7(6)8/h5,7,9-10,16,19,21,23,28H,1,6,8,11-15,17H2,2-4H3,(H,27,33);2-5H,1H3/t19-,21-,23-;/m1./s1. The molecule has 1 saturated heterocycles. The molecule has 2 aromatic carbocycles. The van der Waals surface area contributed by atoms with E-state index in [1.807, 2.05) is 58.3 Å². The van der Waals surface area contributed by atoms with Gasteiger partial charge in [-0.25, -0.2) is 4.79 Å². The molecule has 2 N–H and O–H groups in total. The van der Waals surface area contributed by atoms with E-state index in [-0.39, 0.29) is 23.8 Å². The molecular weight excluding hydrogens is 534 g/mol. The van der Waals surface area contributed by atoms with Crippen LogP contribution < -0.4 is 5.32 Å². The molecule has 0 saturated carbocycles. The van der Waals surface area contributed by atoms with Gasteiger partial charge >= 0.3 is 6.03 Å². The number of hydrogen-bond acceptors (Lipinski definition) is 4. The average molecular weight is 578 g/mol. The number of nitrogens with one attached hydrogen (secondary N) is 2. The molecule has 0 bridgehead atoms. The van der Waals surface area contributed by atoms with E-state index < -0.39 is 0 Å². The summed E-state index contributed by atoms with van der Waals surface area (Å²) in [5.41, 5.74) is 4.98. The monoisotopic (exact) mass is 577 g/mol. The van der Waals surface area contributed by atoms with Gasteiger partial charge in [0.2, 0.25) is 5.91 Å². The third-order valence-electron chi connectivity index (χ3n) is 8.19. The summed E-state index contributed by atoms with van der Waals surface area (Å²) in [6.07, 6.45) is 6.56. The average Bonchev–Trinajstić information content (AvgIpc) is 3.37. The number of benzene rings is 2. The topological polar surface area (TPSA) is 71.7 Å². The second kappa shape index (κ2) is 14.2. The van der Waals surface area contributed by atoms with Gasteiger partial charge in [-0.15, -0.1) is 6.58 Å². The predicted octanol–water partition coefficient (Wildman–Crippen LogP) is 5.84. The van der Waals surface area contributed by atoms with Crippen LogP contribution in [0.2, 0.25) is 5.02 Å². The number of piperidine rings is 1. The Balaban J connectivity index is 0.000000417. The normalized spacial score (nSPS) is 19.7. The SMILES string of the molecule is C=CCN1C[C@H](C(=O)N(CCCN(C)C)C(=O)NCC)C[C@@H]2c3cccc4[nH]cc(c34)C[C@H]21.Cc1ccccc1Cl. The van der Waals surface area contributed by atoms with Gasteiger partial charge in [-0.3, -0.25) is 14.6 Å². The highest BCUT2D eigenvalue weighted by Gasteiger charge is 2.43. The summed E-state index contributed by atoms with van der Waals surface area (Å²) in [5.74, 6) is -0.0133. The second-order valence-electron chi connectivity index (χ2n) is 11.4. The van der Waals surface area contributed by atoms with E-state index in [9.17, 15) is 9.59 Å². The van der Waals surface area contributed by atoms with Crippen LogP contribution in [0.5, 0.6) is 0 Å². The number of imide groups is 1. The number of nitrogens with zero attached hydrogens (tertiary/aromatic N) is 3. The second-order valence-corrected chi connectivity index (χ2v) is 11.8. The minimum atomic E-state index is -0.280. The fourth-order valence-corrected chi connectivity index (χ4v) is 6.36. The lowest BCUT2D eigenvalue weighted by Crippen LogP contribution is -2.55. The number of fused-ring (bicyclic) bond motifs is 2. The van der Waals surface area contributed by atoms with Crippen LogP contribution in [-0.4, -0.2) is 84.5 Å². The lowest BCUT2D eigenvalue weighted by atomic mass is 9.72. The summed E-state index contributed by atoms with van der Waals surface area (Å²) < 4.78 is 0. The molecule has 0 unspecified atom stereocenters. The number of aromatic nitrogens is 1. The summed E-state index contributed by atoms with van der Waals surface area (Å²) >= 11 is 5.71. The van der Waals surface area contributed by atoms with Crippen LogP contribution in [0.25, 0.3) is 10.9 Å². The maximum Gasteiger partial charge on any atom is 0.324 e. The number of halogens is 1. The third-order valence-corrected chi connectivity index (χ3v) is 8.61. The Morgan fingerprint density at radius 2 is 1.95 bits per heavy atom. The summed E-state index contributed by atoms with van der Waals surface area (Å²) in [7, 11) is 4.01. The Morgan fingerprint density at radius 3 is 2.61 bits per heavy atom. The number of urea groups is 1. The van der Waals surface area contributed by atoms with E-state index in [0.717, 1.165) is 48.5 Å². The van der Waals surface area contributed by atoms with Crippen LogP contribution in [0.3, 0.4) is 0 Å². The van der Waals surface area contributed by atoms with Crippen molar-refractivity contribution in [2.45, 2.75) is 45.1 Å². The molecule has 2 aliphatic rings. The maximum atomic E-state index is 13.7. The van der Waals surface area contributed by atoms with Gasteiger partial charge in [0.1, 0.15) is 0 Å². The summed E-state index contributed by atoms with van der Waals surface area (Å²) in [5, 5.41) is 5.00. The van der Waals surface area contributed by atoms with E-state index in [1.54, 1.807) is 0 Å². The number of carbonyl (C=O) groups is 2. The first-order valence-corrected chi connectivity index (χ1v) is 15.0. The van der Waals surface area contributed by atoms with Crippen molar-refractivity contribution in [3.63, 3.8) is 0 Å². The molecular formula is C33H44ClN5O2. The van der Waals surface area contributed by atoms with Crippen molar-refractivity contribution in [3.05, 3.63) is 83.0 Å². The van der Waals surface area contributed by atoms with E-state index in [1.165, 1.54) is 21.4 Å². The quantitative estimate of drug-likeness (QED) is 0.330. The Hall–Kier alpha value is -3.13. The zero-order valence-electron chi connectivity index (χ0n) is 24.8. The highest BCUT2D eigenvalue weighted by Crippen LogP contribution is 2.45. The molecule has 0 radical (unpaired) electrons. The molecule has 0 spiro atoms. The molecule has 220 valence electrons. The number of likely N-dealkylation sites (tertiary alicyclic amines) is 1. The van der Waals surface area contributed by atoms with Gasteiger partial charge in [0.05, 0.1) is 5.92 Å². The van der Waals surface area contributed by atoms with Crippen LogP contribution in [0.1, 0.15) is 42.4 Å². The van der Waals surface area contributed by atoms with Crippen LogP contribution in [0.15, 0.2) is 61.3 Å². The molecule has 2 heterocycles. The van der Waals surface area contributed by atoms with Crippen LogP contribution >= 0.6 is 11.6 Å². The number of aromatic amines is 1. The van der Waals surface area contributed by atoms with Crippen LogP contribution in [0, 0.1) is 12.8 Å². The van der Waals surface area contributed by atoms with E-state index in [0.29, 0.717) is 25.7 Å².